The van der Waals surface area contributed by atoms with Crippen molar-refractivity contribution in [3.8, 4) is 0 Å². The van der Waals surface area contributed by atoms with E-state index in [9.17, 15) is 0 Å². The molecule has 25 heavy (non-hydrogen) atoms. The fourth-order valence-corrected chi connectivity index (χ4v) is 3.50. The third kappa shape index (κ3) is 3.02. The van der Waals surface area contributed by atoms with Crippen molar-refractivity contribution in [3.63, 3.8) is 0 Å². The Labute approximate surface area is 145 Å². The molecule has 4 rings (SSSR count). The summed E-state index contributed by atoms with van der Waals surface area (Å²) in [5.41, 5.74) is 7.30. The first kappa shape index (κ1) is 15.8. The Morgan fingerprint density at radius 2 is 2.28 bits per heavy atom. The second-order valence-corrected chi connectivity index (χ2v) is 6.26. The van der Waals surface area contributed by atoms with E-state index in [1.807, 2.05) is 12.4 Å². The van der Waals surface area contributed by atoms with Crippen LogP contribution in [0.5, 0.6) is 0 Å². The first-order valence-electron chi connectivity index (χ1n) is 8.47. The third-order valence-corrected chi connectivity index (χ3v) is 4.65. The number of piperidine rings is 1. The standard InChI is InChI=1S/C16H22N8O/c1-25-8-7-23-6-4-18-14(23)11-3-2-5-24(9-11)15-12-13(20-10-19-12)21-16(17)22-15/h4,6,10-11H,2-3,5,7-9H2,1H3,(H3,17,19,20,21,22)/t11-/m0/s1. The molecule has 3 aromatic rings. The van der Waals surface area contributed by atoms with E-state index in [-0.39, 0.29) is 5.95 Å². The summed E-state index contributed by atoms with van der Waals surface area (Å²) >= 11 is 0. The maximum absolute atomic E-state index is 5.87. The normalized spacial score (nSPS) is 18.1. The Bertz CT molecular complexity index is 857. The van der Waals surface area contributed by atoms with Gasteiger partial charge in [0.1, 0.15) is 11.3 Å². The van der Waals surface area contributed by atoms with E-state index in [2.05, 4.69) is 34.4 Å². The van der Waals surface area contributed by atoms with Crippen molar-refractivity contribution >= 4 is 22.9 Å². The van der Waals surface area contributed by atoms with Crippen LogP contribution in [0.4, 0.5) is 11.8 Å². The Morgan fingerprint density at radius 3 is 3.16 bits per heavy atom. The second kappa shape index (κ2) is 6.67. The summed E-state index contributed by atoms with van der Waals surface area (Å²) in [5, 5.41) is 0. The zero-order valence-electron chi connectivity index (χ0n) is 14.2. The molecule has 0 aromatic carbocycles. The molecule has 3 aromatic heterocycles. The predicted molar refractivity (Wildman–Crippen MR) is 94.4 cm³/mol. The number of rotatable bonds is 5. The number of nitrogens with one attached hydrogen (secondary N) is 1. The summed E-state index contributed by atoms with van der Waals surface area (Å²) in [6, 6.07) is 0. The molecule has 0 unspecified atom stereocenters. The molecule has 1 saturated heterocycles. The first-order chi connectivity index (χ1) is 12.3. The lowest BCUT2D eigenvalue weighted by molar-refractivity contribution is 0.185. The van der Waals surface area contributed by atoms with E-state index in [1.54, 1.807) is 13.4 Å². The van der Waals surface area contributed by atoms with Crippen LogP contribution in [0.3, 0.4) is 0 Å². The van der Waals surface area contributed by atoms with Crippen molar-refractivity contribution < 1.29 is 4.74 Å². The maximum Gasteiger partial charge on any atom is 0.224 e. The number of methoxy groups -OCH3 is 1. The van der Waals surface area contributed by atoms with Gasteiger partial charge in [0, 0.05) is 45.1 Å². The molecule has 1 aliphatic rings. The quantitative estimate of drug-likeness (QED) is 0.716. The number of H-pyrrole nitrogens is 1. The van der Waals surface area contributed by atoms with E-state index in [0.717, 1.165) is 49.6 Å². The Morgan fingerprint density at radius 1 is 1.36 bits per heavy atom. The SMILES string of the molecule is COCCn1ccnc1[C@H]1CCCN(c2nc(N)nc3nc[nH]c23)C1. The monoisotopic (exact) mass is 342 g/mol. The van der Waals surface area contributed by atoms with Crippen LogP contribution >= 0.6 is 0 Å². The number of aromatic nitrogens is 6. The minimum Gasteiger partial charge on any atom is -0.383 e. The molecule has 0 amide bonds. The van der Waals surface area contributed by atoms with E-state index in [0.29, 0.717) is 18.2 Å². The van der Waals surface area contributed by atoms with Gasteiger partial charge in [-0.1, -0.05) is 0 Å². The van der Waals surface area contributed by atoms with E-state index in [1.165, 1.54) is 0 Å². The molecule has 1 aliphatic heterocycles. The van der Waals surface area contributed by atoms with Gasteiger partial charge in [0.05, 0.1) is 12.9 Å². The number of anilines is 2. The lowest BCUT2D eigenvalue weighted by atomic mass is 9.97. The van der Waals surface area contributed by atoms with Crippen LogP contribution in [-0.2, 0) is 11.3 Å². The van der Waals surface area contributed by atoms with Gasteiger partial charge in [0.2, 0.25) is 5.95 Å². The van der Waals surface area contributed by atoms with Crippen molar-refractivity contribution in [1.82, 2.24) is 29.5 Å². The van der Waals surface area contributed by atoms with Gasteiger partial charge < -0.3 is 24.9 Å². The highest BCUT2D eigenvalue weighted by atomic mass is 16.5. The molecule has 0 bridgehead atoms. The molecule has 132 valence electrons. The fourth-order valence-electron chi connectivity index (χ4n) is 3.50. The van der Waals surface area contributed by atoms with Gasteiger partial charge >= 0.3 is 0 Å². The summed E-state index contributed by atoms with van der Waals surface area (Å²) in [7, 11) is 1.72. The molecular formula is C16H22N8O. The lowest BCUT2D eigenvalue weighted by Gasteiger charge is -2.33. The highest BCUT2D eigenvalue weighted by Gasteiger charge is 2.27. The van der Waals surface area contributed by atoms with Crippen LogP contribution in [0.25, 0.3) is 11.2 Å². The zero-order chi connectivity index (χ0) is 17.2. The highest BCUT2D eigenvalue weighted by molar-refractivity contribution is 5.84. The topological polar surface area (TPSA) is 111 Å². The van der Waals surface area contributed by atoms with Gasteiger partial charge in [-0.15, -0.1) is 0 Å². The fraction of sp³-hybridized carbons (Fsp3) is 0.500. The van der Waals surface area contributed by atoms with Gasteiger partial charge in [-0.25, -0.2) is 9.97 Å². The Balaban J connectivity index is 1.61. The van der Waals surface area contributed by atoms with Crippen LogP contribution in [-0.4, -0.2) is 56.3 Å². The molecule has 1 fully saturated rings. The number of fused-ring (bicyclic) bond motifs is 1. The molecule has 0 aliphatic carbocycles. The van der Waals surface area contributed by atoms with Crippen molar-refractivity contribution in [1.29, 1.82) is 0 Å². The van der Waals surface area contributed by atoms with Gasteiger partial charge in [-0.05, 0) is 12.8 Å². The number of hydrogen-bond donors (Lipinski definition) is 2. The van der Waals surface area contributed by atoms with Crippen LogP contribution in [0.2, 0.25) is 0 Å². The molecular weight excluding hydrogens is 320 g/mol. The molecule has 0 saturated carbocycles. The smallest absolute Gasteiger partial charge is 0.224 e. The van der Waals surface area contributed by atoms with Crippen LogP contribution < -0.4 is 10.6 Å². The number of hydrogen-bond acceptors (Lipinski definition) is 7. The van der Waals surface area contributed by atoms with Crippen LogP contribution in [0.1, 0.15) is 24.6 Å². The van der Waals surface area contributed by atoms with Gasteiger partial charge in [0.15, 0.2) is 11.5 Å². The molecule has 9 nitrogen and oxygen atoms in total. The third-order valence-electron chi connectivity index (χ3n) is 4.65. The van der Waals surface area contributed by atoms with E-state index in [4.69, 9.17) is 10.5 Å². The summed E-state index contributed by atoms with van der Waals surface area (Å²) in [4.78, 5) is 22.8. The van der Waals surface area contributed by atoms with Gasteiger partial charge in [0.25, 0.3) is 0 Å². The molecule has 9 heteroatoms. The number of aromatic amines is 1. The van der Waals surface area contributed by atoms with E-state index < -0.39 is 0 Å². The first-order valence-corrected chi connectivity index (χ1v) is 8.47. The van der Waals surface area contributed by atoms with Crippen molar-refractivity contribution in [2.45, 2.75) is 25.3 Å². The molecule has 1 atom stereocenters. The molecule has 0 radical (unpaired) electrons. The average molecular weight is 342 g/mol. The Hall–Kier alpha value is -2.68. The maximum atomic E-state index is 5.87. The van der Waals surface area contributed by atoms with Crippen molar-refractivity contribution in [2.24, 2.45) is 0 Å². The lowest BCUT2D eigenvalue weighted by Crippen LogP contribution is -2.36. The largest absolute Gasteiger partial charge is 0.383 e. The minimum atomic E-state index is 0.248. The van der Waals surface area contributed by atoms with E-state index >= 15 is 0 Å². The Kier molecular flexibility index (Phi) is 4.22. The molecule has 0 spiro atoms. The zero-order valence-corrected chi connectivity index (χ0v) is 14.2. The van der Waals surface area contributed by atoms with Gasteiger partial charge in [-0.3, -0.25) is 0 Å². The number of ether oxygens (including phenoxy) is 1. The second-order valence-electron chi connectivity index (χ2n) is 6.26. The molecule has 3 N–H and O–H groups in total. The summed E-state index contributed by atoms with van der Waals surface area (Å²) in [6.07, 6.45) is 7.68. The predicted octanol–water partition coefficient (Wildman–Crippen LogP) is 1.16. The van der Waals surface area contributed by atoms with Gasteiger partial charge in [-0.2, -0.15) is 9.97 Å². The summed E-state index contributed by atoms with van der Waals surface area (Å²) in [6.45, 7) is 3.26. The van der Waals surface area contributed by atoms with Crippen molar-refractivity contribution in [2.75, 3.05) is 37.4 Å². The number of nitrogen functional groups attached to an aromatic ring is 1. The van der Waals surface area contributed by atoms with Crippen LogP contribution in [0, 0.1) is 0 Å². The number of nitrogens with zero attached hydrogens (tertiary/aromatic N) is 6. The minimum absolute atomic E-state index is 0.248. The van der Waals surface area contributed by atoms with Crippen LogP contribution in [0.15, 0.2) is 18.7 Å². The summed E-state index contributed by atoms with van der Waals surface area (Å²) in [5.74, 6) is 2.51. The summed E-state index contributed by atoms with van der Waals surface area (Å²) < 4.78 is 7.38. The number of nitrogens with two attached hydrogens (primary N) is 1. The molecule has 4 heterocycles. The number of imidazole rings is 2. The van der Waals surface area contributed by atoms with Crippen molar-refractivity contribution in [3.05, 3.63) is 24.5 Å². The highest BCUT2D eigenvalue weighted by Crippen LogP contribution is 2.31. The average Bonchev–Trinajstić information content (AvgIpc) is 3.28.